The summed E-state index contributed by atoms with van der Waals surface area (Å²) >= 11 is 0. The van der Waals surface area contributed by atoms with Crippen LogP contribution in [0.25, 0.3) is 10.9 Å². The molecule has 0 unspecified atom stereocenters. The Morgan fingerprint density at radius 3 is 3.10 bits per heavy atom. The quantitative estimate of drug-likeness (QED) is 0.893. The number of aromatic nitrogens is 1. The molecule has 104 valence electrons. The number of para-hydroxylation sites is 1. The average Bonchev–Trinajstić information content (AvgIpc) is 3.00. The van der Waals surface area contributed by atoms with Crippen molar-refractivity contribution in [1.82, 2.24) is 15.6 Å². The molecule has 0 saturated carbocycles. The third-order valence-corrected chi connectivity index (χ3v) is 3.82. The highest BCUT2D eigenvalue weighted by Crippen LogP contribution is 2.15. The third kappa shape index (κ3) is 2.80. The number of fused-ring (bicyclic) bond motifs is 1. The molecule has 0 radical (unpaired) electrons. The molecular weight excluding hydrogens is 250 g/mol. The number of hydrogen-bond acceptors (Lipinski definition) is 3. The molecule has 1 atom stereocenters. The first kappa shape index (κ1) is 13.1. The Balaban J connectivity index is 1.66. The number of pyridine rings is 1. The molecule has 1 aromatic carbocycles. The summed E-state index contributed by atoms with van der Waals surface area (Å²) in [5.74, 6) is -0.0349. The van der Waals surface area contributed by atoms with Crippen LogP contribution in [-0.2, 0) is 0 Å². The van der Waals surface area contributed by atoms with E-state index in [1.165, 1.54) is 12.8 Å². The van der Waals surface area contributed by atoms with Gasteiger partial charge in [-0.05, 0) is 37.9 Å². The lowest BCUT2D eigenvalue weighted by atomic mass is 10.1. The fraction of sp³-hybridized carbons (Fsp3) is 0.375. The molecule has 1 aliphatic rings. The van der Waals surface area contributed by atoms with Gasteiger partial charge in [0.15, 0.2) is 0 Å². The second kappa shape index (κ2) is 6.01. The third-order valence-electron chi connectivity index (χ3n) is 3.82. The van der Waals surface area contributed by atoms with Crippen molar-refractivity contribution in [2.45, 2.75) is 25.3 Å². The van der Waals surface area contributed by atoms with Crippen LogP contribution in [0, 0.1) is 0 Å². The van der Waals surface area contributed by atoms with Gasteiger partial charge in [-0.15, -0.1) is 0 Å². The normalized spacial score (nSPS) is 18.3. The minimum atomic E-state index is -0.0349. The maximum Gasteiger partial charge on any atom is 0.253 e. The maximum absolute atomic E-state index is 12.3. The topological polar surface area (TPSA) is 54.0 Å². The number of benzene rings is 1. The van der Waals surface area contributed by atoms with Crippen LogP contribution in [0.5, 0.6) is 0 Å². The minimum Gasteiger partial charge on any atom is -0.352 e. The Hall–Kier alpha value is -1.94. The van der Waals surface area contributed by atoms with Crippen molar-refractivity contribution in [3.63, 3.8) is 0 Å². The van der Waals surface area contributed by atoms with Crippen LogP contribution < -0.4 is 10.6 Å². The number of amides is 1. The Labute approximate surface area is 118 Å². The van der Waals surface area contributed by atoms with Crippen molar-refractivity contribution in [2.75, 3.05) is 13.1 Å². The number of carbonyl (C=O) groups excluding carboxylic acids is 1. The van der Waals surface area contributed by atoms with Gasteiger partial charge in [-0.25, -0.2) is 0 Å². The number of nitrogens with zero attached hydrogens (tertiary/aromatic N) is 1. The van der Waals surface area contributed by atoms with E-state index in [-0.39, 0.29) is 5.91 Å². The zero-order chi connectivity index (χ0) is 13.8. The van der Waals surface area contributed by atoms with Gasteiger partial charge in [0.1, 0.15) is 0 Å². The van der Waals surface area contributed by atoms with Crippen LogP contribution in [-0.4, -0.2) is 30.0 Å². The minimum absolute atomic E-state index is 0.0349. The molecule has 0 spiro atoms. The predicted octanol–water partition coefficient (Wildman–Crippen LogP) is 2.11. The van der Waals surface area contributed by atoms with E-state index in [2.05, 4.69) is 15.6 Å². The molecule has 4 nitrogen and oxygen atoms in total. The Morgan fingerprint density at radius 2 is 2.25 bits per heavy atom. The Kier molecular flexibility index (Phi) is 3.92. The standard InChI is InChI=1S/C16H19N3O/c20-16(19-11-8-13-6-3-9-17-13)14-7-1-4-12-5-2-10-18-15(12)14/h1-2,4-5,7,10,13,17H,3,6,8-9,11H2,(H,19,20)/t13-/m0/s1. The molecule has 1 aliphatic heterocycles. The van der Waals surface area contributed by atoms with E-state index >= 15 is 0 Å². The molecule has 0 bridgehead atoms. The monoisotopic (exact) mass is 269 g/mol. The van der Waals surface area contributed by atoms with E-state index in [1.54, 1.807) is 6.20 Å². The molecule has 1 amide bonds. The molecule has 0 aliphatic carbocycles. The summed E-state index contributed by atoms with van der Waals surface area (Å²) in [6.07, 6.45) is 5.17. The van der Waals surface area contributed by atoms with Crippen LogP contribution in [0.1, 0.15) is 29.6 Å². The van der Waals surface area contributed by atoms with Gasteiger partial charge in [0, 0.05) is 24.2 Å². The molecule has 4 heteroatoms. The number of hydrogen-bond donors (Lipinski definition) is 2. The smallest absolute Gasteiger partial charge is 0.253 e. The largest absolute Gasteiger partial charge is 0.352 e. The predicted molar refractivity (Wildman–Crippen MR) is 79.7 cm³/mol. The summed E-state index contributed by atoms with van der Waals surface area (Å²) in [7, 11) is 0. The molecular formula is C16H19N3O. The first-order valence-corrected chi connectivity index (χ1v) is 7.20. The molecule has 20 heavy (non-hydrogen) atoms. The van der Waals surface area contributed by atoms with Crippen molar-refractivity contribution in [3.05, 3.63) is 42.1 Å². The van der Waals surface area contributed by atoms with Gasteiger partial charge in [0.25, 0.3) is 5.91 Å². The number of rotatable bonds is 4. The van der Waals surface area contributed by atoms with Gasteiger partial charge in [-0.2, -0.15) is 0 Å². The SMILES string of the molecule is O=C(NCC[C@@H]1CCCN1)c1cccc2cccnc12. The lowest BCUT2D eigenvalue weighted by Crippen LogP contribution is -2.30. The molecule has 2 N–H and O–H groups in total. The zero-order valence-corrected chi connectivity index (χ0v) is 11.4. The van der Waals surface area contributed by atoms with E-state index in [1.807, 2.05) is 30.3 Å². The fourth-order valence-electron chi connectivity index (χ4n) is 2.75. The number of nitrogens with one attached hydrogen (secondary N) is 2. The van der Waals surface area contributed by atoms with Crippen LogP contribution in [0.15, 0.2) is 36.5 Å². The molecule has 1 fully saturated rings. The van der Waals surface area contributed by atoms with Crippen LogP contribution >= 0.6 is 0 Å². The van der Waals surface area contributed by atoms with Gasteiger partial charge >= 0.3 is 0 Å². The lowest BCUT2D eigenvalue weighted by Gasteiger charge is -2.11. The van der Waals surface area contributed by atoms with Crippen LogP contribution in [0.4, 0.5) is 0 Å². The van der Waals surface area contributed by atoms with Crippen molar-refractivity contribution in [3.8, 4) is 0 Å². The first-order valence-electron chi connectivity index (χ1n) is 7.20. The van der Waals surface area contributed by atoms with Crippen LogP contribution in [0.2, 0.25) is 0 Å². The number of carbonyl (C=O) groups is 1. The molecule has 3 rings (SSSR count). The first-order chi connectivity index (χ1) is 9.84. The Morgan fingerprint density at radius 1 is 1.35 bits per heavy atom. The molecule has 2 heterocycles. The van der Waals surface area contributed by atoms with E-state index in [4.69, 9.17) is 0 Å². The van der Waals surface area contributed by atoms with Crippen LogP contribution in [0.3, 0.4) is 0 Å². The van der Waals surface area contributed by atoms with Crippen molar-refractivity contribution < 1.29 is 4.79 Å². The van der Waals surface area contributed by atoms with E-state index in [9.17, 15) is 4.79 Å². The second-order valence-corrected chi connectivity index (χ2v) is 5.22. The molecule has 1 aromatic heterocycles. The van der Waals surface area contributed by atoms with Gasteiger partial charge in [-0.1, -0.05) is 18.2 Å². The second-order valence-electron chi connectivity index (χ2n) is 5.22. The summed E-state index contributed by atoms with van der Waals surface area (Å²) < 4.78 is 0. The summed E-state index contributed by atoms with van der Waals surface area (Å²) in [4.78, 5) is 16.6. The lowest BCUT2D eigenvalue weighted by molar-refractivity contribution is 0.0954. The fourth-order valence-corrected chi connectivity index (χ4v) is 2.75. The summed E-state index contributed by atoms with van der Waals surface area (Å²) in [6, 6.07) is 10.1. The highest BCUT2D eigenvalue weighted by atomic mass is 16.1. The average molecular weight is 269 g/mol. The van der Waals surface area contributed by atoms with E-state index < -0.39 is 0 Å². The van der Waals surface area contributed by atoms with E-state index in [0.717, 1.165) is 23.9 Å². The Bertz CT molecular complexity index is 600. The summed E-state index contributed by atoms with van der Waals surface area (Å²) in [5.41, 5.74) is 1.42. The highest BCUT2D eigenvalue weighted by Gasteiger charge is 2.15. The highest BCUT2D eigenvalue weighted by molar-refractivity contribution is 6.05. The molecule has 2 aromatic rings. The summed E-state index contributed by atoms with van der Waals surface area (Å²) in [6.45, 7) is 1.81. The summed E-state index contributed by atoms with van der Waals surface area (Å²) in [5, 5.41) is 7.43. The van der Waals surface area contributed by atoms with Gasteiger partial charge in [-0.3, -0.25) is 9.78 Å². The zero-order valence-electron chi connectivity index (χ0n) is 11.4. The van der Waals surface area contributed by atoms with Crippen molar-refractivity contribution >= 4 is 16.8 Å². The van der Waals surface area contributed by atoms with Crippen molar-refractivity contribution in [2.24, 2.45) is 0 Å². The van der Waals surface area contributed by atoms with Crippen molar-refractivity contribution in [1.29, 1.82) is 0 Å². The van der Waals surface area contributed by atoms with E-state index in [0.29, 0.717) is 18.2 Å². The van der Waals surface area contributed by atoms with Gasteiger partial charge < -0.3 is 10.6 Å². The van der Waals surface area contributed by atoms with Gasteiger partial charge in [0.2, 0.25) is 0 Å². The molecule has 1 saturated heterocycles. The maximum atomic E-state index is 12.3. The van der Waals surface area contributed by atoms with Gasteiger partial charge in [0.05, 0.1) is 11.1 Å².